The Morgan fingerprint density at radius 1 is 1.17 bits per heavy atom. The van der Waals surface area contributed by atoms with Gasteiger partial charge in [0.25, 0.3) is 0 Å². The van der Waals surface area contributed by atoms with Crippen LogP contribution in [0.25, 0.3) is 0 Å². The van der Waals surface area contributed by atoms with E-state index in [-0.39, 0.29) is 12.5 Å². The lowest BCUT2D eigenvalue weighted by molar-refractivity contribution is 0.186. The third-order valence-corrected chi connectivity index (χ3v) is 3.48. The molecule has 0 fully saturated rings. The first-order valence-corrected chi connectivity index (χ1v) is 7.56. The van der Waals surface area contributed by atoms with E-state index in [1.807, 2.05) is 31.2 Å². The van der Waals surface area contributed by atoms with Gasteiger partial charge in [-0.3, -0.25) is 4.99 Å². The monoisotopic (exact) mass is 329 g/mol. The Labute approximate surface area is 141 Å². The van der Waals surface area contributed by atoms with Crippen molar-refractivity contribution in [1.29, 1.82) is 0 Å². The number of aliphatic imine (C=N–C) groups is 1. The van der Waals surface area contributed by atoms with Gasteiger partial charge in [0.1, 0.15) is 11.5 Å². The summed E-state index contributed by atoms with van der Waals surface area (Å²) >= 11 is 0. The van der Waals surface area contributed by atoms with E-state index in [0.717, 1.165) is 11.3 Å². The van der Waals surface area contributed by atoms with E-state index in [2.05, 4.69) is 10.3 Å². The van der Waals surface area contributed by atoms with Crippen molar-refractivity contribution in [2.45, 2.75) is 13.0 Å². The highest BCUT2D eigenvalue weighted by Crippen LogP contribution is 2.26. The van der Waals surface area contributed by atoms with Crippen LogP contribution in [-0.4, -0.2) is 31.8 Å². The number of aryl methyl sites for hydroxylation is 1. The number of rotatable bonds is 6. The normalized spacial score (nSPS) is 12.6. The zero-order chi connectivity index (χ0) is 17.5. The number of hydrogen-bond acceptors (Lipinski definition) is 4. The molecule has 0 aromatic heterocycles. The number of nitrogens with zero attached hydrogens (tertiary/aromatic N) is 1. The van der Waals surface area contributed by atoms with Crippen molar-refractivity contribution in [2.75, 3.05) is 26.1 Å². The van der Waals surface area contributed by atoms with E-state index in [1.54, 1.807) is 32.4 Å². The molecule has 6 nitrogen and oxygen atoms in total. The number of methoxy groups -OCH3 is 2. The van der Waals surface area contributed by atoms with Gasteiger partial charge in [0.2, 0.25) is 0 Å². The summed E-state index contributed by atoms with van der Waals surface area (Å²) in [6.07, 6.45) is -0.813. The average Bonchev–Trinajstić information content (AvgIpc) is 2.59. The van der Waals surface area contributed by atoms with Crippen LogP contribution in [0, 0.1) is 6.92 Å². The molecule has 1 atom stereocenters. The highest BCUT2D eigenvalue weighted by molar-refractivity contribution is 5.92. The minimum atomic E-state index is -0.813. The van der Waals surface area contributed by atoms with E-state index in [1.165, 1.54) is 0 Å². The van der Waals surface area contributed by atoms with Gasteiger partial charge in [-0.2, -0.15) is 0 Å². The highest BCUT2D eigenvalue weighted by atomic mass is 16.5. The molecule has 128 valence electrons. The molecule has 6 heteroatoms. The topological polar surface area (TPSA) is 89.1 Å². The standard InChI is InChI=1S/C18H23N3O3/c1-12-5-4-6-14(7-12)21-18(19)20-11-17(22)13-8-15(23-2)10-16(9-13)24-3/h4-10,17,22H,11H2,1-3H3,(H3,19,20,21). The molecule has 1 unspecified atom stereocenters. The fourth-order valence-corrected chi connectivity index (χ4v) is 2.22. The van der Waals surface area contributed by atoms with Crippen molar-refractivity contribution in [1.82, 2.24) is 0 Å². The van der Waals surface area contributed by atoms with Crippen LogP contribution >= 0.6 is 0 Å². The molecule has 0 radical (unpaired) electrons. The van der Waals surface area contributed by atoms with Gasteiger partial charge in [-0.05, 0) is 42.3 Å². The molecule has 0 aliphatic heterocycles. The third kappa shape index (κ3) is 4.89. The summed E-state index contributed by atoms with van der Waals surface area (Å²) in [6.45, 7) is 2.12. The van der Waals surface area contributed by atoms with Crippen molar-refractivity contribution in [3.63, 3.8) is 0 Å². The van der Waals surface area contributed by atoms with Gasteiger partial charge in [-0.15, -0.1) is 0 Å². The summed E-state index contributed by atoms with van der Waals surface area (Å²) < 4.78 is 10.4. The summed E-state index contributed by atoms with van der Waals surface area (Å²) in [5.74, 6) is 1.46. The van der Waals surface area contributed by atoms with E-state index < -0.39 is 6.10 Å². The molecular weight excluding hydrogens is 306 g/mol. The maximum absolute atomic E-state index is 10.3. The van der Waals surface area contributed by atoms with E-state index >= 15 is 0 Å². The van der Waals surface area contributed by atoms with Crippen LogP contribution in [0.1, 0.15) is 17.2 Å². The molecule has 0 aliphatic rings. The van der Waals surface area contributed by atoms with E-state index in [4.69, 9.17) is 15.2 Å². The Morgan fingerprint density at radius 3 is 2.42 bits per heavy atom. The molecule has 2 rings (SSSR count). The molecule has 0 spiro atoms. The quantitative estimate of drug-likeness (QED) is 0.559. The first-order chi connectivity index (χ1) is 11.5. The number of hydrogen-bond donors (Lipinski definition) is 3. The Hall–Kier alpha value is -2.73. The number of aliphatic hydroxyl groups is 1. The first kappa shape index (κ1) is 17.6. The molecule has 2 aromatic rings. The van der Waals surface area contributed by atoms with Crippen molar-refractivity contribution in [2.24, 2.45) is 10.7 Å². The second-order valence-electron chi connectivity index (χ2n) is 5.38. The molecular formula is C18H23N3O3. The maximum Gasteiger partial charge on any atom is 0.193 e. The van der Waals surface area contributed by atoms with Crippen LogP contribution in [0.15, 0.2) is 47.5 Å². The minimum absolute atomic E-state index is 0.126. The zero-order valence-electron chi connectivity index (χ0n) is 14.1. The van der Waals surface area contributed by atoms with Crippen molar-refractivity contribution < 1.29 is 14.6 Å². The SMILES string of the molecule is COc1cc(OC)cc(C(O)CN=C(N)Nc2cccc(C)c2)c1. The van der Waals surface area contributed by atoms with E-state index in [9.17, 15) is 5.11 Å². The van der Waals surface area contributed by atoms with Gasteiger partial charge >= 0.3 is 0 Å². The molecule has 24 heavy (non-hydrogen) atoms. The smallest absolute Gasteiger partial charge is 0.193 e. The lowest BCUT2D eigenvalue weighted by Gasteiger charge is -2.13. The van der Waals surface area contributed by atoms with Crippen molar-refractivity contribution in [3.8, 4) is 11.5 Å². The first-order valence-electron chi connectivity index (χ1n) is 7.56. The molecule has 0 bridgehead atoms. The summed E-state index contributed by atoms with van der Waals surface area (Å²) in [4.78, 5) is 4.19. The second-order valence-corrected chi connectivity index (χ2v) is 5.38. The number of benzene rings is 2. The summed E-state index contributed by atoms with van der Waals surface area (Å²) in [5, 5.41) is 13.3. The Bertz CT molecular complexity index is 694. The van der Waals surface area contributed by atoms with Crippen LogP contribution in [0.2, 0.25) is 0 Å². The molecule has 0 amide bonds. The number of nitrogens with one attached hydrogen (secondary N) is 1. The van der Waals surface area contributed by atoms with Crippen LogP contribution < -0.4 is 20.5 Å². The van der Waals surface area contributed by atoms with Gasteiger partial charge in [0, 0.05) is 11.8 Å². The second kappa shape index (κ2) is 8.21. The molecule has 0 saturated heterocycles. The van der Waals surface area contributed by atoms with Crippen LogP contribution in [0.4, 0.5) is 5.69 Å². The maximum atomic E-state index is 10.3. The van der Waals surface area contributed by atoms with Crippen LogP contribution in [0.3, 0.4) is 0 Å². The molecule has 0 aliphatic carbocycles. The molecule has 0 heterocycles. The molecule has 0 saturated carbocycles. The van der Waals surface area contributed by atoms with Gasteiger partial charge in [-0.25, -0.2) is 0 Å². The summed E-state index contributed by atoms with van der Waals surface area (Å²) in [6, 6.07) is 13.0. The number of ether oxygens (including phenoxy) is 2. The van der Waals surface area contributed by atoms with Gasteiger partial charge in [-0.1, -0.05) is 12.1 Å². The third-order valence-electron chi connectivity index (χ3n) is 3.48. The van der Waals surface area contributed by atoms with Gasteiger partial charge < -0.3 is 25.6 Å². The Morgan fingerprint density at radius 2 is 1.83 bits per heavy atom. The van der Waals surface area contributed by atoms with E-state index in [0.29, 0.717) is 17.1 Å². The molecule has 2 aromatic carbocycles. The van der Waals surface area contributed by atoms with Gasteiger partial charge in [0.15, 0.2) is 5.96 Å². The van der Waals surface area contributed by atoms with Gasteiger partial charge in [0.05, 0.1) is 26.9 Å². The zero-order valence-corrected chi connectivity index (χ0v) is 14.1. The Balaban J connectivity index is 2.04. The van der Waals surface area contributed by atoms with Crippen molar-refractivity contribution in [3.05, 3.63) is 53.6 Å². The Kier molecular flexibility index (Phi) is 6.03. The van der Waals surface area contributed by atoms with Crippen LogP contribution in [0.5, 0.6) is 11.5 Å². The van der Waals surface area contributed by atoms with Crippen LogP contribution in [-0.2, 0) is 0 Å². The number of aliphatic hydroxyl groups excluding tert-OH is 1. The predicted octanol–water partition coefficient (Wildman–Crippen LogP) is 2.47. The van der Waals surface area contributed by atoms with Crippen molar-refractivity contribution >= 4 is 11.6 Å². The summed E-state index contributed by atoms with van der Waals surface area (Å²) in [7, 11) is 3.12. The lowest BCUT2D eigenvalue weighted by Crippen LogP contribution is -2.23. The largest absolute Gasteiger partial charge is 0.497 e. The fourth-order valence-electron chi connectivity index (χ4n) is 2.22. The number of nitrogens with two attached hydrogens (primary N) is 1. The summed E-state index contributed by atoms with van der Waals surface area (Å²) in [5.41, 5.74) is 8.50. The number of anilines is 1. The predicted molar refractivity (Wildman–Crippen MR) is 95.8 cm³/mol. The average molecular weight is 329 g/mol. The number of guanidine groups is 1. The minimum Gasteiger partial charge on any atom is -0.497 e. The fraction of sp³-hybridized carbons (Fsp3) is 0.278. The highest BCUT2D eigenvalue weighted by Gasteiger charge is 2.11. The lowest BCUT2D eigenvalue weighted by atomic mass is 10.1. The molecule has 4 N–H and O–H groups in total.